The molecule has 1 unspecified atom stereocenters. The summed E-state index contributed by atoms with van der Waals surface area (Å²) < 4.78 is 31.6. The fourth-order valence-corrected chi connectivity index (χ4v) is 1.98. The van der Waals surface area contributed by atoms with Gasteiger partial charge in [0.25, 0.3) is 5.91 Å². The molecule has 2 rings (SSSR count). The Morgan fingerprint density at radius 3 is 2.79 bits per heavy atom. The van der Waals surface area contributed by atoms with Crippen molar-refractivity contribution in [3.05, 3.63) is 47.7 Å². The molecule has 1 aromatic carbocycles. The summed E-state index contributed by atoms with van der Waals surface area (Å²) in [5.41, 5.74) is -0.548. The Balaban J connectivity index is 2.09. The molecule has 0 aromatic heterocycles. The number of hydrogen-bond donors (Lipinski definition) is 1. The smallest absolute Gasteiger partial charge is 0.254 e. The first-order valence-electron chi connectivity index (χ1n) is 5.98. The maximum Gasteiger partial charge on any atom is 0.254 e. The second-order valence-corrected chi connectivity index (χ2v) is 5.11. The molecule has 3 nitrogen and oxygen atoms in total. The lowest BCUT2D eigenvalue weighted by Crippen LogP contribution is -2.42. The number of rotatable bonds is 2. The highest BCUT2D eigenvalue weighted by Gasteiger charge is 2.27. The van der Waals surface area contributed by atoms with Crippen LogP contribution >= 0.6 is 0 Å². The van der Waals surface area contributed by atoms with E-state index in [0.29, 0.717) is 12.5 Å². The minimum Gasteiger partial charge on any atom is -0.496 e. The van der Waals surface area contributed by atoms with Crippen LogP contribution in [0.4, 0.5) is 8.78 Å². The van der Waals surface area contributed by atoms with Gasteiger partial charge in [0.15, 0.2) is 0 Å². The predicted molar refractivity (Wildman–Crippen MR) is 66.5 cm³/mol. The average molecular weight is 267 g/mol. The summed E-state index contributed by atoms with van der Waals surface area (Å²) in [6.45, 7) is 3.79. The number of carbonyl (C=O) groups excluding carboxylic acids is 1. The van der Waals surface area contributed by atoms with Crippen molar-refractivity contribution in [1.29, 1.82) is 0 Å². The molecule has 0 radical (unpaired) electrons. The number of amides is 1. The molecule has 0 spiro atoms. The largest absolute Gasteiger partial charge is 0.496 e. The monoisotopic (exact) mass is 267 g/mol. The normalized spacial score (nSPS) is 20.7. The summed E-state index contributed by atoms with van der Waals surface area (Å²) in [4.78, 5) is 11.9. The molecule has 19 heavy (non-hydrogen) atoms. The lowest BCUT2D eigenvalue weighted by Gasteiger charge is -2.32. The number of nitrogens with one attached hydrogen (secondary N) is 1. The van der Waals surface area contributed by atoms with E-state index in [9.17, 15) is 13.6 Å². The van der Waals surface area contributed by atoms with Gasteiger partial charge >= 0.3 is 0 Å². The zero-order chi connectivity index (χ0) is 14.0. The zero-order valence-electron chi connectivity index (χ0n) is 10.7. The number of hydrogen-bond acceptors (Lipinski definition) is 2. The van der Waals surface area contributed by atoms with E-state index in [4.69, 9.17) is 4.74 Å². The number of ether oxygens (including phenoxy) is 1. The van der Waals surface area contributed by atoms with Crippen LogP contribution in [0.1, 0.15) is 30.6 Å². The molecule has 1 N–H and O–H groups in total. The quantitative estimate of drug-likeness (QED) is 0.894. The summed E-state index contributed by atoms with van der Waals surface area (Å²) >= 11 is 0. The van der Waals surface area contributed by atoms with Gasteiger partial charge in [-0.1, -0.05) is 0 Å². The molecule has 0 saturated heterocycles. The highest BCUT2D eigenvalue weighted by Crippen LogP contribution is 2.22. The van der Waals surface area contributed by atoms with E-state index < -0.39 is 17.5 Å². The molecule has 0 aliphatic carbocycles. The van der Waals surface area contributed by atoms with Gasteiger partial charge in [0.1, 0.15) is 17.2 Å². The van der Waals surface area contributed by atoms with Gasteiger partial charge in [-0.15, -0.1) is 0 Å². The van der Waals surface area contributed by atoms with Crippen LogP contribution in [-0.4, -0.2) is 17.6 Å². The second kappa shape index (κ2) is 4.99. The Labute approximate surface area is 110 Å². The van der Waals surface area contributed by atoms with Crippen LogP contribution in [0, 0.1) is 11.6 Å². The standard InChI is InChI=1S/C14H15F2NO2/c1-14(2)8-10(5-6-19-14)17-13(18)11-4-3-9(15)7-12(11)16/h3-7,10H,8H2,1-2H3,(H,17,18). The fraction of sp³-hybridized carbons (Fsp3) is 0.357. The van der Waals surface area contributed by atoms with Gasteiger partial charge in [0.2, 0.25) is 0 Å². The van der Waals surface area contributed by atoms with Crippen LogP contribution in [0.2, 0.25) is 0 Å². The third kappa shape index (κ3) is 3.30. The van der Waals surface area contributed by atoms with E-state index in [1.165, 1.54) is 6.26 Å². The minimum atomic E-state index is -0.868. The van der Waals surface area contributed by atoms with Crippen molar-refractivity contribution in [2.24, 2.45) is 0 Å². The van der Waals surface area contributed by atoms with Gasteiger partial charge < -0.3 is 10.1 Å². The fourth-order valence-electron chi connectivity index (χ4n) is 1.98. The highest BCUT2D eigenvalue weighted by molar-refractivity contribution is 5.94. The molecule has 5 heteroatoms. The van der Waals surface area contributed by atoms with Gasteiger partial charge in [0, 0.05) is 12.5 Å². The van der Waals surface area contributed by atoms with E-state index >= 15 is 0 Å². The molecule has 0 bridgehead atoms. The molecular formula is C14H15F2NO2. The van der Waals surface area contributed by atoms with Gasteiger partial charge in [0.05, 0.1) is 17.9 Å². The Hall–Kier alpha value is -1.91. The Bertz CT molecular complexity index is 526. The zero-order valence-corrected chi connectivity index (χ0v) is 10.7. The molecule has 1 heterocycles. The third-order valence-electron chi connectivity index (χ3n) is 2.90. The van der Waals surface area contributed by atoms with Gasteiger partial charge in [-0.05, 0) is 32.1 Å². The Morgan fingerprint density at radius 2 is 2.16 bits per heavy atom. The van der Waals surface area contributed by atoms with E-state index in [1.54, 1.807) is 6.08 Å². The van der Waals surface area contributed by atoms with Crippen LogP contribution in [0.5, 0.6) is 0 Å². The van der Waals surface area contributed by atoms with Crippen LogP contribution in [0.3, 0.4) is 0 Å². The molecule has 1 amide bonds. The molecule has 1 aromatic rings. The molecule has 0 fully saturated rings. The SMILES string of the molecule is CC1(C)CC(NC(=O)c2ccc(F)cc2F)C=CO1. The van der Waals surface area contributed by atoms with Crippen molar-refractivity contribution in [1.82, 2.24) is 5.32 Å². The highest BCUT2D eigenvalue weighted by atomic mass is 19.1. The summed E-state index contributed by atoms with van der Waals surface area (Å²) in [6.07, 6.45) is 3.80. The maximum absolute atomic E-state index is 13.5. The van der Waals surface area contributed by atoms with Crippen molar-refractivity contribution < 1.29 is 18.3 Å². The first-order valence-corrected chi connectivity index (χ1v) is 5.98. The number of carbonyl (C=O) groups is 1. The van der Waals surface area contributed by atoms with Crippen molar-refractivity contribution >= 4 is 5.91 Å². The van der Waals surface area contributed by atoms with Crippen molar-refractivity contribution in [2.75, 3.05) is 0 Å². The lowest BCUT2D eigenvalue weighted by atomic mass is 9.96. The van der Waals surface area contributed by atoms with Crippen molar-refractivity contribution in [3.8, 4) is 0 Å². The Morgan fingerprint density at radius 1 is 1.42 bits per heavy atom. The second-order valence-electron chi connectivity index (χ2n) is 5.11. The minimum absolute atomic E-state index is 0.168. The van der Waals surface area contributed by atoms with Crippen LogP contribution in [0.25, 0.3) is 0 Å². The molecule has 1 aliphatic heterocycles. The molecule has 1 aliphatic rings. The van der Waals surface area contributed by atoms with Crippen molar-refractivity contribution in [2.45, 2.75) is 31.9 Å². The molecule has 102 valence electrons. The van der Waals surface area contributed by atoms with Crippen LogP contribution < -0.4 is 5.32 Å². The predicted octanol–water partition coefficient (Wildman–Crippen LogP) is 2.78. The lowest BCUT2D eigenvalue weighted by molar-refractivity contribution is 0.0302. The molecule has 0 saturated carbocycles. The number of halogens is 2. The third-order valence-corrected chi connectivity index (χ3v) is 2.90. The maximum atomic E-state index is 13.5. The van der Waals surface area contributed by atoms with Crippen LogP contribution in [-0.2, 0) is 4.74 Å². The van der Waals surface area contributed by atoms with E-state index in [1.807, 2.05) is 13.8 Å². The van der Waals surface area contributed by atoms with Gasteiger partial charge in [-0.2, -0.15) is 0 Å². The topological polar surface area (TPSA) is 38.3 Å². The van der Waals surface area contributed by atoms with Gasteiger partial charge in [-0.25, -0.2) is 8.78 Å². The summed E-state index contributed by atoms with van der Waals surface area (Å²) in [7, 11) is 0. The van der Waals surface area contributed by atoms with Gasteiger partial charge in [-0.3, -0.25) is 4.79 Å². The summed E-state index contributed by atoms with van der Waals surface area (Å²) in [5.74, 6) is -2.14. The van der Waals surface area contributed by atoms with E-state index in [0.717, 1.165) is 12.1 Å². The van der Waals surface area contributed by atoms with E-state index in [2.05, 4.69) is 5.32 Å². The first kappa shape index (κ1) is 13.5. The summed E-state index contributed by atoms with van der Waals surface area (Å²) in [6, 6.07) is 2.65. The molecular weight excluding hydrogens is 252 g/mol. The van der Waals surface area contributed by atoms with E-state index in [-0.39, 0.29) is 17.2 Å². The molecule has 1 atom stereocenters. The first-order chi connectivity index (χ1) is 8.87. The van der Waals surface area contributed by atoms with Crippen molar-refractivity contribution in [3.63, 3.8) is 0 Å². The Kier molecular flexibility index (Phi) is 3.55. The summed E-state index contributed by atoms with van der Waals surface area (Å²) in [5, 5.41) is 2.68. The number of benzene rings is 1. The van der Waals surface area contributed by atoms with Crippen LogP contribution in [0.15, 0.2) is 30.5 Å². The average Bonchev–Trinajstić information content (AvgIpc) is 2.27.